The topological polar surface area (TPSA) is 92.6 Å². The first-order valence-electron chi connectivity index (χ1n) is 10.6. The van der Waals surface area contributed by atoms with Gasteiger partial charge in [0.25, 0.3) is 0 Å². The van der Waals surface area contributed by atoms with Crippen molar-refractivity contribution in [2.24, 2.45) is 4.99 Å². The van der Waals surface area contributed by atoms with Crippen molar-refractivity contribution in [2.45, 2.75) is 58.7 Å². The number of alkyl carbamates (subject to hydrolysis) is 1. The summed E-state index contributed by atoms with van der Waals surface area (Å²) >= 11 is 0. The number of rotatable bonds is 8. The summed E-state index contributed by atoms with van der Waals surface area (Å²) in [6.45, 7) is 11.4. The predicted molar refractivity (Wildman–Crippen MR) is 124 cm³/mol. The molecule has 170 valence electrons. The van der Waals surface area contributed by atoms with Crippen LogP contribution in [-0.4, -0.2) is 52.9 Å². The lowest BCUT2D eigenvalue weighted by Crippen LogP contribution is -2.54. The Balaban J connectivity index is 1.79. The van der Waals surface area contributed by atoms with E-state index in [1.54, 1.807) is 7.05 Å². The Morgan fingerprint density at radius 3 is 2.48 bits per heavy atom. The van der Waals surface area contributed by atoms with Crippen LogP contribution in [0.2, 0.25) is 0 Å². The molecule has 0 bridgehead atoms. The third-order valence-electron chi connectivity index (χ3n) is 4.40. The molecule has 0 unspecified atom stereocenters. The summed E-state index contributed by atoms with van der Waals surface area (Å²) in [6, 6.07) is 10.3. The van der Waals surface area contributed by atoms with Gasteiger partial charge in [0.15, 0.2) is 5.96 Å². The van der Waals surface area contributed by atoms with E-state index in [0.29, 0.717) is 19.0 Å². The fraction of sp³-hybridized carbons (Fsp3) is 0.522. The molecule has 0 saturated heterocycles. The van der Waals surface area contributed by atoms with E-state index >= 15 is 0 Å². The Morgan fingerprint density at radius 1 is 1.13 bits per heavy atom. The van der Waals surface area contributed by atoms with Crippen LogP contribution in [-0.2, 0) is 17.7 Å². The van der Waals surface area contributed by atoms with Gasteiger partial charge >= 0.3 is 6.09 Å². The predicted octanol–water partition coefficient (Wildman–Crippen LogP) is 2.94. The maximum atomic E-state index is 12.0. The molecular formula is C23H36N6O2. The summed E-state index contributed by atoms with van der Waals surface area (Å²) in [5.41, 5.74) is 0.204. The van der Waals surface area contributed by atoms with Crippen molar-refractivity contribution in [3.63, 3.8) is 0 Å². The smallest absolute Gasteiger partial charge is 0.408 e. The minimum Gasteiger partial charge on any atom is -0.444 e. The molecule has 0 spiro atoms. The van der Waals surface area contributed by atoms with E-state index in [4.69, 9.17) is 4.74 Å². The lowest BCUT2D eigenvalue weighted by Gasteiger charge is -2.29. The molecule has 0 atom stereocenters. The molecule has 1 aromatic carbocycles. The summed E-state index contributed by atoms with van der Waals surface area (Å²) in [5.74, 6) is 1.68. The number of imidazole rings is 1. The molecule has 1 aromatic heterocycles. The van der Waals surface area contributed by atoms with E-state index in [0.717, 1.165) is 18.8 Å². The number of amides is 1. The molecule has 0 saturated carbocycles. The van der Waals surface area contributed by atoms with Gasteiger partial charge in [-0.25, -0.2) is 9.78 Å². The Labute approximate surface area is 185 Å². The SMILES string of the molecule is CN=C(NCCc1nccn1Cc1ccccc1)NCC(C)(C)NC(=O)OC(C)(C)C. The quantitative estimate of drug-likeness (QED) is 0.444. The third kappa shape index (κ3) is 9.11. The van der Waals surface area contributed by atoms with Crippen LogP contribution in [0.1, 0.15) is 46.0 Å². The number of nitrogens with zero attached hydrogens (tertiary/aromatic N) is 3. The number of aromatic nitrogens is 2. The fourth-order valence-electron chi connectivity index (χ4n) is 2.93. The molecular weight excluding hydrogens is 392 g/mol. The molecule has 8 nitrogen and oxygen atoms in total. The molecule has 1 heterocycles. The first-order chi connectivity index (χ1) is 14.6. The first kappa shape index (κ1) is 24.2. The average molecular weight is 429 g/mol. The van der Waals surface area contributed by atoms with Crippen LogP contribution in [0.15, 0.2) is 47.7 Å². The molecule has 8 heteroatoms. The number of hydrogen-bond acceptors (Lipinski definition) is 4. The number of benzene rings is 1. The lowest BCUT2D eigenvalue weighted by molar-refractivity contribution is 0.0474. The van der Waals surface area contributed by atoms with Crippen LogP contribution in [0.3, 0.4) is 0 Å². The van der Waals surface area contributed by atoms with E-state index in [1.807, 2.05) is 65.2 Å². The monoisotopic (exact) mass is 428 g/mol. The summed E-state index contributed by atoms with van der Waals surface area (Å²) in [6.07, 6.45) is 4.16. The first-order valence-corrected chi connectivity index (χ1v) is 10.6. The van der Waals surface area contributed by atoms with Gasteiger partial charge in [-0.2, -0.15) is 0 Å². The van der Waals surface area contributed by atoms with Crippen LogP contribution in [0.25, 0.3) is 0 Å². The van der Waals surface area contributed by atoms with E-state index in [2.05, 4.69) is 42.6 Å². The van der Waals surface area contributed by atoms with E-state index < -0.39 is 17.2 Å². The van der Waals surface area contributed by atoms with Gasteiger partial charge in [-0.05, 0) is 40.2 Å². The second-order valence-electron chi connectivity index (χ2n) is 9.07. The highest BCUT2D eigenvalue weighted by Crippen LogP contribution is 2.09. The van der Waals surface area contributed by atoms with Crippen molar-refractivity contribution in [3.8, 4) is 0 Å². The van der Waals surface area contributed by atoms with Crippen LogP contribution in [0, 0.1) is 0 Å². The van der Waals surface area contributed by atoms with E-state index in [-0.39, 0.29) is 0 Å². The second-order valence-corrected chi connectivity index (χ2v) is 9.07. The fourth-order valence-corrected chi connectivity index (χ4v) is 2.93. The van der Waals surface area contributed by atoms with Crippen molar-refractivity contribution in [3.05, 3.63) is 54.1 Å². The zero-order valence-electron chi connectivity index (χ0n) is 19.5. The lowest BCUT2D eigenvalue weighted by atomic mass is 10.1. The van der Waals surface area contributed by atoms with Crippen molar-refractivity contribution < 1.29 is 9.53 Å². The van der Waals surface area contributed by atoms with Gasteiger partial charge in [-0.1, -0.05) is 30.3 Å². The molecule has 0 aliphatic carbocycles. The number of aliphatic imine (C=N–C) groups is 1. The van der Waals surface area contributed by atoms with Gasteiger partial charge in [-0.3, -0.25) is 4.99 Å². The van der Waals surface area contributed by atoms with Crippen molar-refractivity contribution >= 4 is 12.1 Å². The van der Waals surface area contributed by atoms with Crippen molar-refractivity contribution in [2.75, 3.05) is 20.1 Å². The van der Waals surface area contributed by atoms with Gasteiger partial charge in [0, 0.05) is 45.5 Å². The van der Waals surface area contributed by atoms with Crippen LogP contribution < -0.4 is 16.0 Å². The molecule has 2 aromatic rings. The standard InChI is InChI=1S/C23H36N6O2/c1-22(2,3)31-21(30)28-23(4,5)17-27-20(24-6)26-13-12-19-25-14-15-29(19)16-18-10-8-7-9-11-18/h7-11,14-15H,12-13,16-17H2,1-6H3,(H,28,30)(H2,24,26,27). The molecule has 0 radical (unpaired) electrons. The zero-order chi connectivity index (χ0) is 22.9. The maximum absolute atomic E-state index is 12.0. The maximum Gasteiger partial charge on any atom is 0.408 e. The highest BCUT2D eigenvalue weighted by molar-refractivity contribution is 5.79. The third-order valence-corrected chi connectivity index (χ3v) is 4.40. The highest BCUT2D eigenvalue weighted by Gasteiger charge is 2.24. The second kappa shape index (κ2) is 10.8. The summed E-state index contributed by atoms with van der Waals surface area (Å²) in [7, 11) is 1.72. The number of carbonyl (C=O) groups is 1. The molecule has 1 amide bonds. The van der Waals surface area contributed by atoms with Gasteiger partial charge < -0.3 is 25.3 Å². The summed E-state index contributed by atoms with van der Waals surface area (Å²) in [5, 5.41) is 9.44. The number of carbonyl (C=O) groups excluding carboxylic acids is 1. The largest absolute Gasteiger partial charge is 0.444 e. The molecule has 0 aliphatic heterocycles. The van der Waals surface area contributed by atoms with Gasteiger partial charge in [-0.15, -0.1) is 0 Å². The Hall–Kier alpha value is -3.03. The highest BCUT2D eigenvalue weighted by atomic mass is 16.6. The number of hydrogen-bond donors (Lipinski definition) is 3. The minimum absolute atomic E-state index is 0.438. The van der Waals surface area contributed by atoms with Crippen molar-refractivity contribution in [1.29, 1.82) is 0 Å². The zero-order valence-corrected chi connectivity index (χ0v) is 19.5. The van der Waals surface area contributed by atoms with Gasteiger partial charge in [0.05, 0.1) is 5.54 Å². The van der Waals surface area contributed by atoms with Crippen LogP contribution >= 0.6 is 0 Å². The molecule has 31 heavy (non-hydrogen) atoms. The van der Waals surface area contributed by atoms with Crippen LogP contribution in [0.4, 0.5) is 4.79 Å². The van der Waals surface area contributed by atoms with Gasteiger partial charge in [0.2, 0.25) is 0 Å². The van der Waals surface area contributed by atoms with Crippen LogP contribution in [0.5, 0.6) is 0 Å². The number of ether oxygens (including phenoxy) is 1. The summed E-state index contributed by atoms with van der Waals surface area (Å²) < 4.78 is 7.49. The Morgan fingerprint density at radius 2 is 1.84 bits per heavy atom. The number of guanidine groups is 1. The normalized spacial score (nSPS) is 12.4. The molecule has 0 fully saturated rings. The Bertz CT molecular complexity index is 852. The van der Waals surface area contributed by atoms with E-state index in [1.165, 1.54) is 5.56 Å². The molecule has 0 aliphatic rings. The molecule has 3 N–H and O–H groups in total. The average Bonchev–Trinajstić information content (AvgIpc) is 3.10. The summed E-state index contributed by atoms with van der Waals surface area (Å²) in [4.78, 5) is 20.8. The molecule has 2 rings (SSSR count). The Kier molecular flexibility index (Phi) is 8.47. The van der Waals surface area contributed by atoms with E-state index in [9.17, 15) is 4.79 Å². The minimum atomic E-state index is -0.530. The van der Waals surface area contributed by atoms with Crippen molar-refractivity contribution in [1.82, 2.24) is 25.5 Å². The number of nitrogens with one attached hydrogen (secondary N) is 3. The van der Waals surface area contributed by atoms with Gasteiger partial charge in [0.1, 0.15) is 11.4 Å².